The lowest BCUT2D eigenvalue weighted by Gasteiger charge is -2.12. The number of benzene rings is 4. The molecule has 0 spiro atoms. The molecule has 0 heterocycles. The molecule has 4 aromatic rings. The largest absolute Gasteiger partial charge is 0.491 e. The Morgan fingerprint density at radius 2 is 1.55 bits per heavy atom. The van der Waals surface area contributed by atoms with Gasteiger partial charge in [0.05, 0.1) is 6.54 Å². The smallest absolute Gasteiger partial charge is 0.252 e. The van der Waals surface area contributed by atoms with Crippen molar-refractivity contribution in [3.05, 3.63) is 113 Å². The van der Waals surface area contributed by atoms with Crippen LogP contribution in [0.25, 0.3) is 22.4 Å². The summed E-state index contributed by atoms with van der Waals surface area (Å²) < 4.78 is 5.94. The first-order valence-electron chi connectivity index (χ1n) is 10.1. The Bertz CT molecular complexity index is 1210. The summed E-state index contributed by atoms with van der Waals surface area (Å²) in [6, 6.07) is 31.1. The fourth-order valence-electron chi connectivity index (χ4n) is 3.39. The zero-order valence-electron chi connectivity index (χ0n) is 16.9. The number of carbonyl (C=O) groups is 1. The molecule has 0 saturated heterocycles. The molecule has 154 valence electrons. The van der Waals surface area contributed by atoms with Crippen molar-refractivity contribution in [2.45, 2.75) is 0 Å². The summed E-state index contributed by atoms with van der Waals surface area (Å²) in [5, 5.41) is 5.74. The van der Waals surface area contributed by atoms with Gasteiger partial charge in [0.1, 0.15) is 12.4 Å². The van der Waals surface area contributed by atoms with Crippen molar-refractivity contribution in [3.8, 4) is 5.75 Å². The Morgan fingerprint density at radius 3 is 2.39 bits per heavy atom. The SMILES string of the molecule is O=C(NCCOc1cccc2ccccc12)/C(=C/c1ccccc1Cl)c1ccccc1. The lowest BCUT2D eigenvalue weighted by Crippen LogP contribution is -2.28. The first-order chi connectivity index (χ1) is 15.2. The van der Waals surface area contributed by atoms with E-state index in [2.05, 4.69) is 17.4 Å². The molecule has 4 aromatic carbocycles. The minimum Gasteiger partial charge on any atom is -0.491 e. The number of hydrogen-bond donors (Lipinski definition) is 1. The molecule has 4 rings (SSSR count). The van der Waals surface area contributed by atoms with Gasteiger partial charge in [0.2, 0.25) is 0 Å². The maximum atomic E-state index is 13.0. The van der Waals surface area contributed by atoms with Crippen molar-refractivity contribution in [2.75, 3.05) is 13.2 Å². The number of ether oxygens (including phenoxy) is 1. The van der Waals surface area contributed by atoms with E-state index in [1.54, 1.807) is 0 Å². The Morgan fingerprint density at radius 1 is 0.839 bits per heavy atom. The molecule has 0 aromatic heterocycles. The van der Waals surface area contributed by atoms with E-state index in [0.717, 1.165) is 27.6 Å². The van der Waals surface area contributed by atoms with Crippen LogP contribution in [0.1, 0.15) is 11.1 Å². The van der Waals surface area contributed by atoms with Crippen LogP contribution in [0.2, 0.25) is 5.02 Å². The summed E-state index contributed by atoms with van der Waals surface area (Å²) in [6.07, 6.45) is 1.82. The van der Waals surface area contributed by atoms with E-state index in [-0.39, 0.29) is 5.91 Å². The van der Waals surface area contributed by atoms with Crippen LogP contribution in [0.3, 0.4) is 0 Å². The third-order valence-corrected chi connectivity index (χ3v) is 5.27. The van der Waals surface area contributed by atoms with Crippen molar-refractivity contribution in [3.63, 3.8) is 0 Å². The van der Waals surface area contributed by atoms with Gasteiger partial charge in [-0.15, -0.1) is 0 Å². The van der Waals surface area contributed by atoms with Gasteiger partial charge in [0.15, 0.2) is 0 Å². The lowest BCUT2D eigenvalue weighted by molar-refractivity contribution is -0.115. The molecular formula is C27H22ClNO2. The Balaban J connectivity index is 1.46. The van der Waals surface area contributed by atoms with Gasteiger partial charge < -0.3 is 10.1 Å². The quantitative estimate of drug-likeness (QED) is 0.216. The summed E-state index contributed by atoms with van der Waals surface area (Å²) in [6.45, 7) is 0.753. The van der Waals surface area contributed by atoms with E-state index >= 15 is 0 Å². The third-order valence-electron chi connectivity index (χ3n) is 4.93. The number of rotatable bonds is 7. The number of amides is 1. The summed E-state index contributed by atoms with van der Waals surface area (Å²) in [5.74, 6) is 0.634. The summed E-state index contributed by atoms with van der Waals surface area (Å²) in [4.78, 5) is 13.0. The highest BCUT2D eigenvalue weighted by Gasteiger charge is 2.13. The first-order valence-corrected chi connectivity index (χ1v) is 10.5. The molecule has 0 bridgehead atoms. The number of fused-ring (bicyclic) bond motifs is 1. The maximum Gasteiger partial charge on any atom is 0.252 e. The summed E-state index contributed by atoms with van der Waals surface area (Å²) in [5.41, 5.74) is 2.18. The highest BCUT2D eigenvalue weighted by atomic mass is 35.5. The average Bonchev–Trinajstić information content (AvgIpc) is 2.82. The van der Waals surface area contributed by atoms with E-state index in [1.807, 2.05) is 91.0 Å². The zero-order valence-corrected chi connectivity index (χ0v) is 17.7. The molecule has 0 aliphatic rings. The maximum absolute atomic E-state index is 13.0. The van der Waals surface area contributed by atoms with Gasteiger partial charge in [-0.2, -0.15) is 0 Å². The Hall–Kier alpha value is -3.56. The molecule has 0 unspecified atom stereocenters. The fourth-order valence-corrected chi connectivity index (χ4v) is 3.58. The molecule has 0 atom stereocenters. The van der Waals surface area contributed by atoms with Crippen LogP contribution >= 0.6 is 11.6 Å². The number of hydrogen-bond acceptors (Lipinski definition) is 2. The second kappa shape index (κ2) is 9.96. The molecular weight excluding hydrogens is 406 g/mol. The van der Waals surface area contributed by atoms with Gasteiger partial charge >= 0.3 is 0 Å². The highest BCUT2D eigenvalue weighted by molar-refractivity contribution is 6.33. The normalized spacial score (nSPS) is 11.3. The standard InChI is InChI=1S/C27H22ClNO2/c28-25-15-7-5-12-22(25)19-24(21-9-2-1-3-10-21)27(30)29-17-18-31-26-16-8-13-20-11-4-6-14-23(20)26/h1-16,19H,17-18H2,(H,29,30)/b24-19+. The van der Waals surface area contributed by atoms with E-state index in [0.29, 0.717) is 23.7 Å². The second-order valence-corrected chi connectivity index (χ2v) is 7.43. The lowest BCUT2D eigenvalue weighted by atomic mass is 10.0. The Labute approximate surface area is 186 Å². The molecule has 4 heteroatoms. The van der Waals surface area contributed by atoms with Gasteiger partial charge in [0, 0.05) is 16.0 Å². The summed E-state index contributed by atoms with van der Waals surface area (Å²) in [7, 11) is 0. The van der Waals surface area contributed by atoms with Crippen LogP contribution in [0.5, 0.6) is 5.75 Å². The van der Waals surface area contributed by atoms with Crippen molar-refractivity contribution >= 4 is 39.9 Å². The molecule has 3 nitrogen and oxygen atoms in total. The summed E-state index contributed by atoms with van der Waals surface area (Å²) >= 11 is 6.31. The van der Waals surface area contributed by atoms with Gasteiger partial charge in [-0.25, -0.2) is 0 Å². The van der Waals surface area contributed by atoms with Crippen LogP contribution in [-0.4, -0.2) is 19.1 Å². The van der Waals surface area contributed by atoms with Gasteiger partial charge in [0.25, 0.3) is 5.91 Å². The van der Waals surface area contributed by atoms with E-state index < -0.39 is 0 Å². The number of nitrogens with one attached hydrogen (secondary N) is 1. The molecule has 0 aliphatic carbocycles. The number of halogens is 1. The minimum absolute atomic E-state index is 0.173. The molecule has 1 amide bonds. The van der Waals surface area contributed by atoms with Gasteiger partial charge in [-0.05, 0) is 34.7 Å². The Kier molecular flexibility index (Phi) is 6.65. The molecule has 0 fully saturated rings. The van der Waals surface area contributed by atoms with Crippen LogP contribution in [0.15, 0.2) is 97.1 Å². The predicted molar refractivity (Wildman–Crippen MR) is 128 cm³/mol. The van der Waals surface area contributed by atoms with Crippen LogP contribution in [-0.2, 0) is 4.79 Å². The van der Waals surface area contributed by atoms with Crippen molar-refractivity contribution in [1.29, 1.82) is 0 Å². The van der Waals surface area contributed by atoms with E-state index in [9.17, 15) is 4.79 Å². The number of carbonyl (C=O) groups excluding carboxylic acids is 1. The van der Waals surface area contributed by atoms with Crippen LogP contribution < -0.4 is 10.1 Å². The fraction of sp³-hybridized carbons (Fsp3) is 0.0741. The minimum atomic E-state index is -0.173. The van der Waals surface area contributed by atoms with Crippen molar-refractivity contribution in [1.82, 2.24) is 5.32 Å². The van der Waals surface area contributed by atoms with Crippen molar-refractivity contribution in [2.24, 2.45) is 0 Å². The molecule has 0 aliphatic heterocycles. The topological polar surface area (TPSA) is 38.3 Å². The van der Waals surface area contributed by atoms with Crippen LogP contribution in [0, 0.1) is 0 Å². The monoisotopic (exact) mass is 427 g/mol. The second-order valence-electron chi connectivity index (χ2n) is 7.03. The molecule has 1 N–H and O–H groups in total. The highest BCUT2D eigenvalue weighted by Crippen LogP contribution is 2.25. The van der Waals surface area contributed by atoms with E-state index in [1.165, 1.54) is 0 Å². The zero-order chi connectivity index (χ0) is 21.5. The first kappa shape index (κ1) is 20.7. The van der Waals surface area contributed by atoms with E-state index in [4.69, 9.17) is 16.3 Å². The average molecular weight is 428 g/mol. The molecule has 0 radical (unpaired) electrons. The molecule has 0 saturated carbocycles. The van der Waals surface area contributed by atoms with Gasteiger partial charge in [-0.1, -0.05) is 96.5 Å². The van der Waals surface area contributed by atoms with Crippen LogP contribution in [0.4, 0.5) is 0 Å². The van der Waals surface area contributed by atoms with Crippen molar-refractivity contribution < 1.29 is 9.53 Å². The molecule has 31 heavy (non-hydrogen) atoms. The third kappa shape index (κ3) is 5.14. The predicted octanol–water partition coefficient (Wildman–Crippen LogP) is 6.23. The van der Waals surface area contributed by atoms with Gasteiger partial charge in [-0.3, -0.25) is 4.79 Å².